The molecule has 2 heterocycles. The first kappa shape index (κ1) is 8.61. The van der Waals surface area contributed by atoms with E-state index < -0.39 is 0 Å². The topological polar surface area (TPSA) is 76.5 Å². The second-order valence-corrected chi connectivity index (χ2v) is 2.70. The summed E-state index contributed by atoms with van der Waals surface area (Å²) in [7, 11) is 0. The molecule has 2 rings (SSSR count). The van der Waals surface area contributed by atoms with E-state index in [9.17, 15) is 4.79 Å². The number of aromatic nitrogens is 5. The normalized spacial score (nSPS) is 10.4. The summed E-state index contributed by atoms with van der Waals surface area (Å²) in [5, 5.41) is 7.44. The van der Waals surface area contributed by atoms with Crippen molar-refractivity contribution < 1.29 is 4.79 Å². The molecule has 0 spiro atoms. The molecule has 0 aliphatic carbocycles. The molecule has 0 aromatic carbocycles. The molecule has 14 heavy (non-hydrogen) atoms. The van der Waals surface area contributed by atoms with Gasteiger partial charge in [0.05, 0.1) is 6.20 Å². The fraction of sp³-hybridized carbons (Fsp3) is 0.250. The number of nitrogens with one attached hydrogen (secondary N) is 1. The Hall–Kier alpha value is -1.98. The molecule has 0 saturated heterocycles. The molecule has 6 heteroatoms. The quantitative estimate of drug-likeness (QED) is 0.705. The van der Waals surface area contributed by atoms with Crippen LogP contribution in [0.4, 0.5) is 0 Å². The van der Waals surface area contributed by atoms with Gasteiger partial charge in [0.1, 0.15) is 5.69 Å². The third kappa shape index (κ3) is 1.30. The van der Waals surface area contributed by atoms with E-state index in [1.54, 1.807) is 6.20 Å². The summed E-state index contributed by atoms with van der Waals surface area (Å²) < 4.78 is 1.53. The van der Waals surface area contributed by atoms with Crippen molar-refractivity contribution in [2.45, 2.75) is 13.5 Å². The van der Waals surface area contributed by atoms with Crippen LogP contribution in [0, 0.1) is 0 Å². The Balaban J connectivity index is 2.36. The van der Waals surface area contributed by atoms with Crippen molar-refractivity contribution >= 4 is 5.78 Å². The molecule has 1 N–H and O–H groups in total. The average Bonchev–Trinajstić information content (AvgIpc) is 2.87. The highest BCUT2D eigenvalue weighted by atomic mass is 16.1. The Labute approximate surface area is 80.0 Å². The summed E-state index contributed by atoms with van der Waals surface area (Å²) in [5.41, 5.74) is 0.447. The number of nitrogens with zero attached hydrogens (tertiary/aromatic N) is 4. The van der Waals surface area contributed by atoms with Crippen molar-refractivity contribution in [2.75, 3.05) is 0 Å². The Kier molecular flexibility index (Phi) is 2.10. The Morgan fingerprint density at radius 1 is 1.64 bits per heavy atom. The van der Waals surface area contributed by atoms with Gasteiger partial charge in [0.25, 0.3) is 0 Å². The molecule has 2 aromatic rings. The van der Waals surface area contributed by atoms with E-state index in [-0.39, 0.29) is 5.78 Å². The van der Waals surface area contributed by atoms with Crippen LogP contribution in [-0.2, 0) is 6.54 Å². The zero-order chi connectivity index (χ0) is 9.97. The fourth-order valence-corrected chi connectivity index (χ4v) is 1.18. The van der Waals surface area contributed by atoms with Gasteiger partial charge in [0.15, 0.2) is 5.82 Å². The number of hydrogen-bond donors (Lipinski definition) is 1. The zero-order valence-corrected chi connectivity index (χ0v) is 7.64. The maximum atomic E-state index is 11.8. The van der Waals surface area contributed by atoms with E-state index in [0.717, 1.165) is 0 Å². The van der Waals surface area contributed by atoms with Crippen LogP contribution < -0.4 is 0 Å². The molecule has 0 saturated carbocycles. The molecular formula is C8H9N5O. The van der Waals surface area contributed by atoms with Gasteiger partial charge in [0, 0.05) is 18.9 Å². The van der Waals surface area contributed by atoms with Crippen LogP contribution in [0.2, 0.25) is 0 Å². The van der Waals surface area contributed by atoms with Crippen LogP contribution in [-0.4, -0.2) is 30.7 Å². The number of carbonyl (C=O) groups is 1. The van der Waals surface area contributed by atoms with Crippen molar-refractivity contribution in [1.29, 1.82) is 0 Å². The molecule has 0 atom stereocenters. The van der Waals surface area contributed by atoms with Crippen LogP contribution in [0.15, 0.2) is 18.6 Å². The lowest BCUT2D eigenvalue weighted by Gasteiger charge is -1.98. The van der Waals surface area contributed by atoms with Crippen LogP contribution >= 0.6 is 0 Å². The maximum Gasteiger partial charge on any atom is 0.247 e. The van der Waals surface area contributed by atoms with E-state index in [0.29, 0.717) is 18.1 Å². The highest BCUT2D eigenvalue weighted by molar-refractivity contribution is 6.04. The maximum absolute atomic E-state index is 11.8. The number of aryl methyl sites for hydroxylation is 1. The van der Waals surface area contributed by atoms with Gasteiger partial charge in [-0.05, 0) is 6.92 Å². The van der Waals surface area contributed by atoms with Crippen LogP contribution in [0.25, 0.3) is 0 Å². The number of H-pyrrole nitrogens is 1. The number of rotatable bonds is 3. The highest BCUT2D eigenvalue weighted by Crippen LogP contribution is 2.03. The second kappa shape index (κ2) is 3.41. The molecule has 0 amide bonds. The first-order valence-electron chi connectivity index (χ1n) is 4.25. The average molecular weight is 191 g/mol. The van der Waals surface area contributed by atoms with Crippen LogP contribution in [0.3, 0.4) is 0 Å². The number of imidazole rings is 1. The largest absolute Gasteiger partial charge is 0.342 e. The molecule has 0 bridgehead atoms. The summed E-state index contributed by atoms with van der Waals surface area (Å²) in [6.07, 6.45) is 4.58. The Morgan fingerprint density at radius 2 is 2.50 bits per heavy atom. The van der Waals surface area contributed by atoms with Crippen molar-refractivity contribution in [3.05, 3.63) is 30.1 Å². The van der Waals surface area contributed by atoms with Crippen molar-refractivity contribution in [3.8, 4) is 0 Å². The van der Waals surface area contributed by atoms with Crippen molar-refractivity contribution in [1.82, 2.24) is 25.0 Å². The monoisotopic (exact) mass is 191 g/mol. The minimum absolute atomic E-state index is 0.193. The molecule has 0 aliphatic rings. The molecule has 6 nitrogen and oxygen atoms in total. The standard InChI is InChI=1S/C8H9N5O/c1-2-13-6(5-11-12-13)7(14)8-9-3-4-10-8/h3-5H,2H2,1H3,(H,9,10). The molecule has 2 aromatic heterocycles. The van der Waals surface area contributed by atoms with E-state index in [4.69, 9.17) is 0 Å². The first-order chi connectivity index (χ1) is 6.83. The Morgan fingerprint density at radius 3 is 3.14 bits per heavy atom. The predicted octanol–water partition coefficient (Wildman–Crippen LogP) is 0.252. The first-order valence-corrected chi connectivity index (χ1v) is 4.25. The molecule has 0 radical (unpaired) electrons. The van der Waals surface area contributed by atoms with Crippen molar-refractivity contribution in [2.24, 2.45) is 0 Å². The van der Waals surface area contributed by atoms with E-state index >= 15 is 0 Å². The van der Waals surface area contributed by atoms with E-state index in [2.05, 4.69) is 20.3 Å². The molecule has 0 unspecified atom stereocenters. The summed E-state index contributed by atoms with van der Waals surface area (Å²) in [4.78, 5) is 18.4. The number of carbonyl (C=O) groups excluding carboxylic acids is 1. The SMILES string of the molecule is CCn1nncc1C(=O)c1ncc[nH]1. The van der Waals surface area contributed by atoms with Gasteiger partial charge in [-0.2, -0.15) is 0 Å². The van der Waals surface area contributed by atoms with Gasteiger partial charge in [-0.1, -0.05) is 5.21 Å². The molecular weight excluding hydrogens is 182 g/mol. The van der Waals surface area contributed by atoms with Gasteiger partial charge in [-0.25, -0.2) is 9.67 Å². The van der Waals surface area contributed by atoms with Crippen molar-refractivity contribution in [3.63, 3.8) is 0 Å². The van der Waals surface area contributed by atoms with Gasteiger partial charge < -0.3 is 4.98 Å². The summed E-state index contributed by atoms with van der Waals surface area (Å²) >= 11 is 0. The van der Waals surface area contributed by atoms with Gasteiger partial charge in [-0.15, -0.1) is 5.10 Å². The van der Waals surface area contributed by atoms with E-state index in [1.807, 2.05) is 6.92 Å². The minimum Gasteiger partial charge on any atom is -0.342 e. The van der Waals surface area contributed by atoms with Crippen LogP contribution in [0.1, 0.15) is 23.2 Å². The smallest absolute Gasteiger partial charge is 0.247 e. The summed E-state index contributed by atoms with van der Waals surface area (Å²) in [6, 6.07) is 0. The molecule has 0 aliphatic heterocycles. The highest BCUT2D eigenvalue weighted by Gasteiger charge is 2.16. The van der Waals surface area contributed by atoms with Gasteiger partial charge in [0.2, 0.25) is 5.78 Å². The summed E-state index contributed by atoms with van der Waals surface area (Å²) in [6.45, 7) is 2.51. The van der Waals surface area contributed by atoms with Crippen LogP contribution in [0.5, 0.6) is 0 Å². The zero-order valence-electron chi connectivity index (χ0n) is 7.64. The third-order valence-corrected chi connectivity index (χ3v) is 1.86. The molecule has 72 valence electrons. The number of aromatic amines is 1. The summed E-state index contributed by atoms with van der Waals surface area (Å²) in [5.74, 6) is 0.115. The number of hydrogen-bond acceptors (Lipinski definition) is 4. The van der Waals surface area contributed by atoms with Gasteiger partial charge in [-0.3, -0.25) is 4.79 Å². The third-order valence-electron chi connectivity index (χ3n) is 1.86. The Bertz CT molecular complexity index is 430. The van der Waals surface area contributed by atoms with Gasteiger partial charge >= 0.3 is 0 Å². The second-order valence-electron chi connectivity index (χ2n) is 2.70. The lowest BCUT2D eigenvalue weighted by Crippen LogP contribution is -2.11. The molecule has 0 fully saturated rings. The lowest BCUT2D eigenvalue weighted by atomic mass is 10.3. The predicted molar refractivity (Wildman–Crippen MR) is 47.7 cm³/mol. The van der Waals surface area contributed by atoms with E-state index in [1.165, 1.54) is 17.1 Å². The number of ketones is 1. The fourth-order valence-electron chi connectivity index (χ4n) is 1.18. The minimum atomic E-state index is -0.193. The lowest BCUT2D eigenvalue weighted by molar-refractivity contribution is 0.102.